The van der Waals surface area contributed by atoms with Crippen LogP contribution in [0.1, 0.15) is 23.7 Å². The van der Waals surface area contributed by atoms with Crippen LogP contribution in [0.3, 0.4) is 0 Å². The zero-order valence-electron chi connectivity index (χ0n) is 13.7. The van der Waals surface area contributed by atoms with Gasteiger partial charge in [0.1, 0.15) is 5.52 Å². The highest BCUT2D eigenvalue weighted by atomic mass is 35.5. The van der Waals surface area contributed by atoms with Crippen molar-refractivity contribution in [1.29, 1.82) is 0 Å². The molecule has 0 fully saturated rings. The second-order valence-corrected chi connectivity index (χ2v) is 6.29. The number of benzene rings is 2. The number of hydrogen-bond acceptors (Lipinski definition) is 5. The van der Waals surface area contributed by atoms with E-state index in [-0.39, 0.29) is 5.56 Å². The zero-order chi connectivity index (χ0) is 18.7. The fraction of sp³-hybridized carbons (Fsp3) is 0.167. The molecule has 2 aromatic carbocycles. The molecule has 0 bridgehead atoms. The second-order valence-electron chi connectivity index (χ2n) is 5.45. The quantitative estimate of drug-likeness (QED) is 0.635. The number of oxazole rings is 1. The SMILES string of the molecule is CCC(OC(=O)c1ccc2ocnc2c1)C(=O)Nc1cc(Cl)ccc1Cl. The van der Waals surface area contributed by atoms with Crippen molar-refractivity contribution in [2.75, 3.05) is 5.32 Å². The molecular formula is C18H14Cl2N2O4. The average molecular weight is 393 g/mol. The number of ether oxygens (including phenoxy) is 1. The van der Waals surface area contributed by atoms with Crippen molar-refractivity contribution in [2.24, 2.45) is 0 Å². The fourth-order valence-electron chi connectivity index (χ4n) is 2.31. The van der Waals surface area contributed by atoms with E-state index in [1.54, 1.807) is 37.3 Å². The van der Waals surface area contributed by atoms with E-state index in [4.69, 9.17) is 32.4 Å². The van der Waals surface area contributed by atoms with Crippen molar-refractivity contribution >= 4 is 51.9 Å². The Morgan fingerprint density at radius 1 is 1.23 bits per heavy atom. The van der Waals surface area contributed by atoms with Gasteiger partial charge in [0, 0.05) is 5.02 Å². The Balaban J connectivity index is 1.72. The highest BCUT2D eigenvalue weighted by Gasteiger charge is 2.23. The summed E-state index contributed by atoms with van der Waals surface area (Å²) >= 11 is 11.9. The molecule has 0 saturated carbocycles. The molecule has 3 rings (SSSR count). The molecule has 8 heteroatoms. The molecule has 0 aliphatic rings. The summed E-state index contributed by atoms with van der Waals surface area (Å²) in [7, 11) is 0. The summed E-state index contributed by atoms with van der Waals surface area (Å²) in [4.78, 5) is 28.8. The summed E-state index contributed by atoms with van der Waals surface area (Å²) in [6, 6.07) is 9.41. The van der Waals surface area contributed by atoms with Crippen LogP contribution in [0, 0.1) is 0 Å². The third-order valence-electron chi connectivity index (χ3n) is 3.66. The standard InChI is InChI=1S/C18H14Cl2N2O4/c1-2-15(17(23)22-13-8-11(19)4-5-12(13)20)26-18(24)10-3-6-16-14(7-10)21-9-25-16/h3-9,15H,2H2,1H3,(H,22,23). The average Bonchev–Trinajstić information content (AvgIpc) is 3.10. The Labute approximate surface area is 159 Å². The van der Waals surface area contributed by atoms with Gasteiger partial charge in [-0.05, 0) is 42.8 Å². The Hall–Kier alpha value is -2.57. The number of esters is 1. The number of halogens is 2. The highest BCUT2D eigenvalue weighted by molar-refractivity contribution is 6.35. The minimum absolute atomic E-state index is 0.276. The minimum atomic E-state index is -0.981. The first-order valence-electron chi connectivity index (χ1n) is 7.78. The lowest BCUT2D eigenvalue weighted by Crippen LogP contribution is -2.32. The fourth-order valence-corrected chi connectivity index (χ4v) is 2.65. The molecule has 3 aromatic rings. The van der Waals surface area contributed by atoms with Crippen LogP contribution in [-0.4, -0.2) is 23.0 Å². The maximum Gasteiger partial charge on any atom is 0.338 e. The summed E-state index contributed by atoms with van der Waals surface area (Å²) in [6.07, 6.45) is 0.601. The molecular weight excluding hydrogens is 379 g/mol. The number of nitrogens with zero attached hydrogens (tertiary/aromatic N) is 1. The lowest BCUT2D eigenvalue weighted by molar-refractivity contribution is -0.124. The van der Waals surface area contributed by atoms with Crippen molar-refractivity contribution in [1.82, 2.24) is 4.98 Å². The smallest absolute Gasteiger partial charge is 0.338 e. The van der Waals surface area contributed by atoms with Crippen LogP contribution < -0.4 is 5.32 Å². The molecule has 134 valence electrons. The molecule has 6 nitrogen and oxygen atoms in total. The molecule has 1 atom stereocenters. The van der Waals surface area contributed by atoms with Gasteiger partial charge < -0.3 is 14.5 Å². The van der Waals surface area contributed by atoms with Crippen LogP contribution in [0.25, 0.3) is 11.1 Å². The van der Waals surface area contributed by atoms with Gasteiger partial charge in [-0.1, -0.05) is 30.1 Å². The second kappa shape index (κ2) is 7.76. The van der Waals surface area contributed by atoms with Gasteiger partial charge in [-0.15, -0.1) is 0 Å². The number of amides is 1. The van der Waals surface area contributed by atoms with Crippen LogP contribution in [0.15, 0.2) is 47.2 Å². The van der Waals surface area contributed by atoms with Crippen molar-refractivity contribution < 1.29 is 18.7 Å². The number of nitrogens with one attached hydrogen (secondary N) is 1. The Morgan fingerprint density at radius 2 is 2.04 bits per heavy atom. The minimum Gasteiger partial charge on any atom is -0.449 e. The van der Waals surface area contributed by atoms with Crippen molar-refractivity contribution in [2.45, 2.75) is 19.4 Å². The van der Waals surface area contributed by atoms with Gasteiger partial charge in [-0.3, -0.25) is 4.79 Å². The predicted octanol–water partition coefficient (Wildman–Crippen LogP) is 4.71. The monoisotopic (exact) mass is 392 g/mol. The van der Waals surface area contributed by atoms with Gasteiger partial charge in [0.15, 0.2) is 18.1 Å². The van der Waals surface area contributed by atoms with Crippen molar-refractivity contribution in [3.63, 3.8) is 0 Å². The van der Waals surface area contributed by atoms with Crippen LogP contribution in [0.2, 0.25) is 10.0 Å². The summed E-state index contributed by atoms with van der Waals surface area (Å²) < 4.78 is 10.5. The van der Waals surface area contributed by atoms with Gasteiger partial charge in [-0.2, -0.15) is 0 Å². The first kappa shape index (κ1) is 18.2. The van der Waals surface area contributed by atoms with Crippen LogP contribution in [0.4, 0.5) is 5.69 Å². The van der Waals surface area contributed by atoms with E-state index >= 15 is 0 Å². The van der Waals surface area contributed by atoms with Crippen LogP contribution in [-0.2, 0) is 9.53 Å². The first-order chi connectivity index (χ1) is 12.5. The maximum absolute atomic E-state index is 12.4. The van der Waals surface area contributed by atoms with E-state index in [9.17, 15) is 9.59 Å². The zero-order valence-corrected chi connectivity index (χ0v) is 15.2. The molecule has 26 heavy (non-hydrogen) atoms. The lowest BCUT2D eigenvalue weighted by atomic mass is 10.2. The molecule has 1 aromatic heterocycles. The molecule has 0 spiro atoms. The van der Waals surface area contributed by atoms with E-state index in [0.29, 0.717) is 33.3 Å². The van der Waals surface area contributed by atoms with E-state index in [1.807, 2.05) is 0 Å². The van der Waals surface area contributed by atoms with E-state index < -0.39 is 18.0 Å². The number of hydrogen-bond donors (Lipinski definition) is 1. The van der Waals surface area contributed by atoms with E-state index in [0.717, 1.165) is 0 Å². The van der Waals surface area contributed by atoms with Crippen molar-refractivity contribution in [3.05, 3.63) is 58.4 Å². The van der Waals surface area contributed by atoms with Gasteiger partial charge in [-0.25, -0.2) is 9.78 Å². The van der Waals surface area contributed by atoms with Gasteiger partial charge in [0.25, 0.3) is 5.91 Å². The van der Waals surface area contributed by atoms with Gasteiger partial charge in [0.05, 0.1) is 16.3 Å². The Bertz CT molecular complexity index is 971. The summed E-state index contributed by atoms with van der Waals surface area (Å²) in [6.45, 7) is 1.73. The summed E-state index contributed by atoms with van der Waals surface area (Å²) in [5.41, 5.74) is 1.71. The van der Waals surface area contributed by atoms with Crippen LogP contribution in [0.5, 0.6) is 0 Å². The van der Waals surface area contributed by atoms with Crippen molar-refractivity contribution in [3.8, 4) is 0 Å². The molecule has 1 amide bonds. The number of anilines is 1. The summed E-state index contributed by atoms with van der Waals surface area (Å²) in [5.74, 6) is -1.12. The topological polar surface area (TPSA) is 81.4 Å². The normalized spacial score (nSPS) is 12.0. The number of rotatable bonds is 5. The number of carbonyl (C=O) groups excluding carboxylic acids is 2. The predicted molar refractivity (Wildman–Crippen MR) is 98.6 cm³/mol. The third-order valence-corrected chi connectivity index (χ3v) is 4.23. The van der Waals surface area contributed by atoms with E-state index in [2.05, 4.69) is 10.3 Å². The number of carbonyl (C=O) groups is 2. The molecule has 1 N–H and O–H groups in total. The molecule has 0 aliphatic heterocycles. The molecule has 0 saturated heterocycles. The van der Waals surface area contributed by atoms with Gasteiger partial charge in [0.2, 0.25) is 0 Å². The Kier molecular flexibility index (Phi) is 5.44. The highest BCUT2D eigenvalue weighted by Crippen LogP contribution is 2.26. The molecule has 0 radical (unpaired) electrons. The number of aromatic nitrogens is 1. The maximum atomic E-state index is 12.4. The first-order valence-corrected chi connectivity index (χ1v) is 8.53. The third kappa shape index (κ3) is 3.98. The van der Waals surface area contributed by atoms with E-state index in [1.165, 1.54) is 12.5 Å². The van der Waals surface area contributed by atoms with Gasteiger partial charge >= 0.3 is 5.97 Å². The molecule has 1 unspecified atom stereocenters. The molecule has 1 heterocycles. The lowest BCUT2D eigenvalue weighted by Gasteiger charge is -2.16. The van der Waals surface area contributed by atoms with Crippen LogP contribution >= 0.6 is 23.2 Å². The number of fused-ring (bicyclic) bond motifs is 1. The Morgan fingerprint density at radius 3 is 2.81 bits per heavy atom. The largest absolute Gasteiger partial charge is 0.449 e. The molecule has 0 aliphatic carbocycles. The summed E-state index contributed by atoms with van der Waals surface area (Å²) in [5, 5.41) is 3.38.